The molecule has 2 saturated heterocycles. The average Bonchev–Trinajstić information content (AvgIpc) is 3.48. The van der Waals surface area contributed by atoms with E-state index in [0.717, 1.165) is 55.9 Å². The van der Waals surface area contributed by atoms with Crippen LogP contribution in [0.3, 0.4) is 0 Å². The number of carbonyl (C=O) groups excluding carboxylic acids is 1. The van der Waals surface area contributed by atoms with Crippen molar-refractivity contribution in [2.45, 2.75) is 31.6 Å². The molecule has 1 atom stereocenters. The molecule has 9 heteroatoms. The number of anilines is 1. The molecule has 0 saturated carbocycles. The van der Waals surface area contributed by atoms with Gasteiger partial charge >= 0.3 is 0 Å². The Morgan fingerprint density at radius 3 is 2.71 bits per heavy atom. The normalized spacial score (nSPS) is 19.2. The maximum atomic E-state index is 13.6. The van der Waals surface area contributed by atoms with E-state index in [2.05, 4.69) is 15.1 Å². The van der Waals surface area contributed by atoms with Gasteiger partial charge in [-0.15, -0.1) is 10.2 Å². The first-order valence-corrected chi connectivity index (χ1v) is 10.7. The molecule has 0 radical (unpaired) electrons. The van der Waals surface area contributed by atoms with Crippen molar-refractivity contribution in [1.29, 1.82) is 0 Å². The minimum atomic E-state index is -0.439. The second kappa shape index (κ2) is 7.98. The number of piperidine rings is 1. The Hall–Kier alpha value is -3.49. The van der Waals surface area contributed by atoms with Crippen LogP contribution >= 0.6 is 0 Å². The Kier molecular flexibility index (Phi) is 5.01. The molecule has 0 N–H and O–H groups in total. The van der Waals surface area contributed by atoms with Gasteiger partial charge in [-0.25, -0.2) is 0 Å². The van der Waals surface area contributed by atoms with Gasteiger partial charge in [0, 0.05) is 50.4 Å². The van der Waals surface area contributed by atoms with E-state index in [-0.39, 0.29) is 17.5 Å². The number of pyridine rings is 1. The van der Waals surface area contributed by atoms with E-state index in [4.69, 9.17) is 0 Å². The summed E-state index contributed by atoms with van der Waals surface area (Å²) in [4.78, 5) is 28.5. The first-order valence-electron chi connectivity index (χ1n) is 10.7. The third-order valence-corrected chi connectivity index (χ3v) is 6.28. The zero-order valence-corrected chi connectivity index (χ0v) is 17.2. The van der Waals surface area contributed by atoms with E-state index < -0.39 is 4.92 Å². The summed E-state index contributed by atoms with van der Waals surface area (Å²) in [5.41, 5.74) is 1.95. The molecular formula is C22H24N6O3. The number of benzene rings is 1. The molecule has 1 aromatic carbocycles. The maximum Gasteiger partial charge on any atom is 0.270 e. The van der Waals surface area contributed by atoms with Crippen molar-refractivity contribution in [1.82, 2.24) is 19.5 Å². The lowest BCUT2D eigenvalue weighted by Crippen LogP contribution is -2.40. The summed E-state index contributed by atoms with van der Waals surface area (Å²) >= 11 is 0. The molecule has 3 aromatic rings. The first-order chi connectivity index (χ1) is 15.1. The van der Waals surface area contributed by atoms with Gasteiger partial charge in [0.05, 0.1) is 16.2 Å². The van der Waals surface area contributed by atoms with Crippen molar-refractivity contribution < 1.29 is 9.72 Å². The molecule has 2 aliphatic heterocycles. The molecule has 1 unspecified atom stereocenters. The van der Waals surface area contributed by atoms with Gasteiger partial charge < -0.3 is 9.80 Å². The van der Waals surface area contributed by atoms with Crippen molar-refractivity contribution in [3.8, 4) is 0 Å². The van der Waals surface area contributed by atoms with Crippen LogP contribution in [0.2, 0.25) is 0 Å². The van der Waals surface area contributed by atoms with Gasteiger partial charge in [-0.2, -0.15) is 0 Å². The largest absolute Gasteiger partial charge is 0.371 e. The first kappa shape index (κ1) is 19.5. The zero-order valence-electron chi connectivity index (χ0n) is 17.2. The van der Waals surface area contributed by atoms with Crippen molar-refractivity contribution in [2.75, 3.05) is 31.1 Å². The lowest BCUT2D eigenvalue weighted by atomic mass is 9.96. The van der Waals surface area contributed by atoms with E-state index in [1.807, 2.05) is 33.7 Å². The molecular weight excluding hydrogens is 396 g/mol. The zero-order chi connectivity index (χ0) is 21.4. The van der Waals surface area contributed by atoms with E-state index in [1.54, 1.807) is 6.07 Å². The SMILES string of the molecule is O=C(c1cc([N+](=O)[O-])ccc1N1CCCC1)N1CCCC(c2nnc3ccccn23)C1. The van der Waals surface area contributed by atoms with Crippen LogP contribution < -0.4 is 4.90 Å². The Balaban J connectivity index is 1.45. The van der Waals surface area contributed by atoms with Gasteiger partial charge in [0.25, 0.3) is 11.6 Å². The molecule has 0 aliphatic carbocycles. The summed E-state index contributed by atoms with van der Waals surface area (Å²) in [5, 5.41) is 20.0. The fourth-order valence-corrected chi connectivity index (χ4v) is 4.72. The topological polar surface area (TPSA) is 96.9 Å². The summed E-state index contributed by atoms with van der Waals surface area (Å²) in [6.45, 7) is 2.89. The second-order valence-electron chi connectivity index (χ2n) is 8.23. The lowest BCUT2D eigenvalue weighted by Gasteiger charge is -2.33. The van der Waals surface area contributed by atoms with Crippen LogP contribution in [-0.4, -0.2) is 56.5 Å². The van der Waals surface area contributed by atoms with Gasteiger partial charge in [0.2, 0.25) is 0 Å². The van der Waals surface area contributed by atoms with Gasteiger partial charge in [0.15, 0.2) is 5.65 Å². The number of non-ortho nitro benzene ring substituents is 1. The Bertz CT molecular complexity index is 1140. The van der Waals surface area contributed by atoms with E-state index in [1.165, 1.54) is 12.1 Å². The highest BCUT2D eigenvalue weighted by molar-refractivity contribution is 6.00. The number of nitrogens with zero attached hydrogens (tertiary/aromatic N) is 6. The Morgan fingerprint density at radius 2 is 1.90 bits per heavy atom. The monoisotopic (exact) mass is 420 g/mol. The standard InChI is InChI=1S/C22H24N6O3/c29-22(18-14-17(28(30)31)8-9-19(18)25-10-3-4-11-25)26-12-5-6-16(15-26)21-24-23-20-7-1-2-13-27(20)21/h1-2,7-9,13-14,16H,3-6,10-12,15H2. The number of nitro groups is 1. The van der Waals surface area contributed by atoms with E-state index >= 15 is 0 Å². The van der Waals surface area contributed by atoms with Crippen LogP contribution in [-0.2, 0) is 0 Å². The fraction of sp³-hybridized carbons (Fsp3) is 0.409. The number of hydrogen-bond acceptors (Lipinski definition) is 6. The minimum absolute atomic E-state index is 0.0525. The number of amides is 1. The average molecular weight is 420 g/mol. The van der Waals surface area contributed by atoms with E-state index in [0.29, 0.717) is 18.7 Å². The van der Waals surface area contributed by atoms with Crippen molar-refractivity contribution >= 4 is 22.9 Å². The Labute approximate surface area is 179 Å². The summed E-state index contributed by atoms with van der Waals surface area (Å²) in [5.74, 6) is 0.778. The van der Waals surface area contributed by atoms with Crippen LogP contribution in [0.15, 0.2) is 42.6 Å². The smallest absolute Gasteiger partial charge is 0.270 e. The van der Waals surface area contributed by atoms with Crippen molar-refractivity contribution in [2.24, 2.45) is 0 Å². The van der Waals surface area contributed by atoms with Gasteiger partial charge in [-0.1, -0.05) is 6.07 Å². The molecule has 5 rings (SSSR count). The number of aromatic nitrogens is 3. The summed E-state index contributed by atoms with van der Waals surface area (Å²) in [6.07, 6.45) is 5.85. The molecule has 4 heterocycles. The number of hydrogen-bond donors (Lipinski definition) is 0. The van der Waals surface area contributed by atoms with Gasteiger partial charge in [-0.3, -0.25) is 19.3 Å². The molecule has 2 aliphatic rings. The lowest BCUT2D eigenvalue weighted by molar-refractivity contribution is -0.384. The summed E-state index contributed by atoms with van der Waals surface area (Å²) in [6, 6.07) is 10.4. The molecule has 1 amide bonds. The maximum absolute atomic E-state index is 13.6. The number of fused-ring (bicyclic) bond motifs is 1. The predicted molar refractivity (Wildman–Crippen MR) is 115 cm³/mol. The van der Waals surface area contributed by atoms with Crippen LogP contribution in [0.5, 0.6) is 0 Å². The molecule has 31 heavy (non-hydrogen) atoms. The van der Waals surface area contributed by atoms with E-state index in [9.17, 15) is 14.9 Å². The second-order valence-corrected chi connectivity index (χ2v) is 8.23. The van der Waals surface area contributed by atoms with Crippen LogP contribution in [0.25, 0.3) is 5.65 Å². The number of likely N-dealkylation sites (tertiary alicyclic amines) is 1. The molecule has 0 spiro atoms. The van der Waals surface area contributed by atoms with Crippen LogP contribution in [0, 0.1) is 10.1 Å². The number of carbonyl (C=O) groups is 1. The quantitative estimate of drug-likeness (QED) is 0.475. The van der Waals surface area contributed by atoms with Crippen molar-refractivity contribution in [3.63, 3.8) is 0 Å². The highest BCUT2D eigenvalue weighted by atomic mass is 16.6. The van der Waals surface area contributed by atoms with Crippen LogP contribution in [0.4, 0.5) is 11.4 Å². The molecule has 2 aromatic heterocycles. The molecule has 2 fully saturated rings. The highest BCUT2D eigenvalue weighted by Crippen LogP contribution is 2.32. The minimum Gasteiger partial charge on any atom is -0.371 e. The van der Waals surface area contributed by atoms with Crippen molar-refractivity contribution in [3.05, 3.63) is 64.1 Å². The molecule has 9 nitrogen and oxygen atoms in total. The molecule has 0 bridgehead atoms. The van der Waals surface area contributed by atoms with Gasteiger partial charge in [0.1, 0.15) is 5.82 Å². The third-order valence-electron chi connectivity index (χ3n) is 6.28. The fourth-order valence-electron chi connectivity index (χ4n) is 4.72. The predicted octanol–water partition coefficient (Wildman–Crippen LogP) is 3.26. The highest BCUT2D eigenvalue weighted by Gasteiger charge is 2.31. The third kappa shape index (κ3) is 3.60. The summed E-state index contributed by atoms with van der Waals surface area (Å²) < 4.78 is 1.97. The summed E-state index contributed by atoms with van der Waals surface area (Å²) in [7, 11) is 0. The Morgan fingerprint density at radius 1 is 1.06 bits per heavy atom. The number of nitro benzene ring substituents is 1. The number of rotatable bonds is 4. The van der Waals surface area contributed by atoms with Crippen LogP contribution in [0.1, 0.15) is 47.8 Å². The van der Waals surface area contributed by atoms with Gasteiger partial charge in [-0.05, 0) is 43.9 Å². The molecule has 160 valence electrons.